The second-order valence-corrected chi connectivity index (χ2v) is 7.78. The molecular weight excluding hydrogens is 416 g/mol. The largest absolute Gasteiger partial charge is 0.462 e. The van der Waals surface area contributed by atoms with E-state index in [9.17, 15) is 35.7 Å². The lowest BCUT2D eigenvalue weighted by Crippen LogP contribution is -2.60. The van der Waals surface area contributed by atoms with Crippen LogP contribution >= 0.6 is 0 Å². The van der Waals surface area contributed by atoms with Crippen molar-refractivity contribution in [2.45, 2.75) is 81.7 Å². The molecule has 176 valence electrons. The van der Waals surface area contributed by atoms with Crippen molar-refractivity contribution in [2.24, 2.45) is 0 Å². The number of aryl methyl sites for hydroxylation is 1. The maximum atomic E-state index is 10.2. The van der Waals surface area contributed by atoms with Gasteiger partial charge >= 0.3 is 0 Å². The van der Waals surface area contributed by atoms with Crippen LogP contribution in [-0.4, -0.2) is 104 Å². The minimum atomic E-state index is -1.58. The Morgan fingerprint density at radius 1 is 0.774 bits per heavy atom. The van der Waals surface area contributed by atoms with Gasteiger partial charge in [-0.2, -0.15) is 0 Å². The number of aliphatic hydroxyl groups is 7. The molecule has 2 heterocycles. The van der Waals surface area contributed by atoms with Crippen LogP contribution in [0, 0.1) is 6.92 Å². The van der Waals surface area contributed by atoms with Crippen molar-refractivity contribution in [1.82, 2.24) is 0 Å². The highest BCUT2D eigenvalue weighted by atomic mass is 16.7. The summed E-state index contributed by atoms with van der Waals surface area (Å²) in [7, 11) is 0. The molecule has 2 aliphatic heterocycles. The van der Waals surface area contributed by atoms with Crippen molar-refractivity contribution in [3.63, 3.8) is 0 Å². The number of benzene rings is 1. The van der Waals surface area contributed by atoms with E-state index in [-0.39, 0.29) is 11.5 Å². The zero-order valence-electron chi connectivity index (χ0n) is 17.2. The van der Waals surface area contributed by atoms with Crippen molar-refractivity contribution in [1.29, 1.82) is 0 Å². The summed E-state index contributed by atoms with van der Waals surface area (Å²) in [6.45, 7) is 2.90. The van der Waals surface area contributed by atoms with E-state index in [4.69, 9.17) is 18.9 Å². The van der Waals surface area contributed by atoms with Crippen molar-refractivity contribution in [2.75, 3.05) is 6.61 Å². The third-order valence-electron chi connectivity index (χ3n) is 5.57. The van der Waals surface area contributed by atoms with E-state index in [2.05, 4.69) is 0 Å². The van der Waals surface area contributed by atoms with Crippen molar-refractivity contribution < 1.29 is 54.7 Å². The lowest BCUT2D eigenvalue weighted by Gasteiger charge is -2.40. The van der Waals surface area contributed by atoms with Crippen LogP contribution in [0.3, 0.4) is 0 Å². The van der Waals surface area contributed by atoms with Crippen molar-refractivity contribution in [3.8, 4) is 11.5 Å². The lowest BCUT2D eigenvalue weighted by atomic mass is 9.97. The molecule has 2 aliphatic rings. The molecule has 1 aromatic carbocycles. The fourth-order valence-electron chi connectivity index (χ4n) is 3.56. The molecule has 0 saturated carbocycles. The van der Waals surface area contributed by atoms with Crippen LogP contribution in [0.4, 0.5) is 0 Å². The molecule has 1 aromatic rings. The van der Waals surface area contributed by atoms with Crippen LogP contribution in [-0.2, 0) is 9.47 Å². The smallest absolute Gasteiger partial charge is 0.229 e. The molecule has 0 spiro atoms. The van der Waals surface area contributed by atoms with Gasteiger partial charge in [0.15, 0.2) is 0 Å². The Bertz CT molecular complexity index is 727. The summed E-state index contributed by atoms with van der Waals surface area (Å²) in [5, 5.41) is 69.5. The zero-order valence-corrected chi connectivity index (χ0v) is 17.2. The standard InChI is InChI=1S/C20H30O11/c1-3-10-13(22)15(24)18(27)20(29-10)30-11-6-9(5-4-8(11)2)28-19-17(26)16(25)14(23)12(7-21)31-19/h4-6,10,12-27H,3,7H2,1-2H3/t10?,12?,13-,14-,15+,16+,17?,18?,19-,20+/m1/s1. The van der Waals surface area contributed by atoms with Gasteiger partial charge in [0.2, 0.25) is 12.6 Å². The molecule has 10 atom stereocenters. The van der Waals surface area contributed by atoms with E-state index in [1.54, 1.807) is 26.0 Å². The monoisotopic (exact) mass is 446 g/mol. The summed E-state index contributed by atoms with van der Waals surface area (Å²) in [5.41, 5.74) is 0.644. The molecule has 11 nitrogen and oxygen atoms in total. The molecule has 4 unspecified atom stereocenters. The highest BCUT2D eigenvalue weighted by molar-refractivity contribution is 5.40. The van der Waals surface area contributed by atoms with Gasteiger partial charge in [-0.1, -0.05) is 13.0 Å². The van der Waals surface area contributed by atoms with Gasteiger partial charge < -0.3 is 54.7 Å². The minimum absolute atomic E-state index is 0.169. The van der Waals surface area contributed by atoms with Crippen LogP contribution in [0.25, 0.3) is 0 Å². The van der Waals surface area contributed by atoms with E-state index < -0.39 is 68.0 Å². The molecule has 0 bridgehead atoms. The predicted molar refractivity (Wildman–Crippen MR) is 103 cm³/mol. The molecule has 11 heteroatoms. The van der Waals surface area contributed by atoms with Gasteiger partial charge in [-0.15, -0.1) is 0 Å². The molecule has 2 fully saturated rings. The maximum Gasteiger partial charge on any atom is 0.229 e. The maximum absolute atomic E-state index is 10.2. The van der Waals surface area contributed by atoms with E-state index in [0.717, 1.165) is 0 Å². The summed E-state index contributed by atoms with van der Waals surface area (Å²) in [6.07, 6.45) is -12.9. The number of hydrogen-bond donors (Lipinski definition) is 7. The molecule has 0 aromatic heterocycles. The van der Waals surface area contributed by atoms with Gasteiger partial charge in [0, 0.05) is 6.07 Å². The Kier molecular flexibility index (Phi) is 7.73. The average Bonchev–Trinajstić information content (AvgIpc) is 2.76. The number of aliphatic hydroxyl groups excluding tert-OH is 7. The van der Waals surface area contributed by atoms with Crippen LogP contribution in [0.1, 0.15) is 18.9 Å². The van der Waals surface area contributed by atoms with E-state index in [0.29, 0.717) is 12.0 Å². The summed E-state index contributed by atoms with van der Waals surface area (Å²) in [5.74, 6) is 0.410. The fraction of sp³-hybridized carbons (Fsp3) is 0.700. The first-order chi connectivity index (χ1) is 14.7. The Labute approximate surface area is 179 Å². The molecule has 2 saturated heterocycles. The van der Waals surface area contributed by atoms with Gasteiger partial charge in [0.1, 0.15) is 54.2 Å². The van der Waals surface area contributed by atoms with Crippen LogP contribution in [0.5, 0.6) is 11.5 Å². The third-order valence-corrected chi connectivity index (χ3v) is 5.57. The molecule has 3 rings (SSSR count). The van der Waals surface area contributed by atoms with Crippen LogP contribution in [0.2, 0.25) is 0 Å². The second kappa shape index (κ2) is 9.94. The molecule has 0 radical (unpaired) electrons. The highest BCUT2D eigenvalue weighted by Crippen LogP contribution is 2.31. The minimum Gasteiger partial charge on any atom is -0.462 e. The quantitative estimate of drug-likeness (QED) is 0.251. The molecule has 0 aliphatic carbocycles. The second-order valence-electron chi connectivity index (χ2n) is 7.78. The van der Waals surface area contributed by atoms with Gasteiger partial charge in [0.05, 0.1) is 12.7 Å². The fourth-order valence-corrected chi connectivity index (χ4v) is 3.56. The van der Waals surface area contributed by atoms with Gasteiger partial charge in [-0.3, -0.25) is 0 Å². The topological polar surface area (TPSA) is 179 Å². The Morgan fingerprint density at radius 3 is 1.90 bits per heavy atom. The predicted octanol–water partition coefficient (Wildman–Crippen LogP) is -2.23. The summed E-state index contributed by atoms with van der Waals surface area (Å²) >= 11 is 0. The normalized spacial score (nSPS) is 41.1. The third kappa shape index (κ3) is 4.95. The Balaban J connectivity index is 1.74. The number of rotatable bonds is 6. The number of hydrogen-bond acceptors (Lipinski definition) is 11. The van der Waals surface area contributed by atoms with Gasteiger partial charge in [-0.05, 0) is 25.0 Å². The first-order valence-electron chi connectivity index (χ1n) is 10.1. The molecule has 31 heavy (non-hydrogen) atoms. The first-order valence-corrected chi connectivity index (χ1v) is 10.1. The number of ether oxygens (including phenoxy) is 4. The van der Waals surface area contributed by atoms with E-state index in [1.807, 2.05) is 0 Å². The Morgan fingerprint density at radius 2 is 1.32 bits per heavy atom. The van der Waals surface area contributed by atoms with Gasteiger partial charge in [0.25, 0.3) is 0 Å². The molecule has 0 amide bonds. The van der Waals surface area contributed by atoms with Crippen molar-refractivity contribution >= 4 is 0 Å². The van der Waals surface area contributed by atoms with Crippen LogP contribution < -0.4 is 9.47 Å². The first kappa shape index (κ1) is 24.1. The zero-order chi connectivity index (χ0) is 22.9. The van der Waals surface area contributed by atoms with Crippen LogP contribution in [0.15, 0.2) is 18.2 Å². The average molecular weight is 446 g/mol. The summed E-state index contributed by atoms with van der Waals surface area (Å²) < 4.78 is 22.2. The van der Waals surface area contributed by atoms with Gasteiger partial charge in [-0.25, -0.2) is 0 Å². The Hall–Kier alpha value is -1.54. The van der Waals surface area contributed by atoms with E-state index in [1.165, 1.54) is 6.07 Å². The highest BCUT2D eigenvalue weighted by Gasteiger charge is 2.45. The van der Waals surface area contributed by atoms with Crippen molar-refractivity contribution in [3.05, 3.63) is 23.8 Å². The summed E-state index contributed by atoms with van der Waals surface area (Å²) in [4.78, 5) is 0. The summed E-state index contributed by atoms with van der Waals surface area (Å²) in [6, 6.07) is 4.62. The SMILES string of the molecule is CCC1O[C@@H](Oc2cc(O[C@@H]3OC(CO)[C@@H](O)[C@H](O)C3O)ccc2C)C(O)[C@@H](O)[C@@H]1O. The lowest BCUT2D eigenvalue weighted by molar-refractivity contribution is -0.277. The van der Waals surface area contributed by atoms with E-state index >= 15 is 0 Å². The molecule has 7 N–H and O–H groups in total. The molecular formula is C20H30O11.